The summed E-state index contributed by atoms with van der Waals surface area (Å²) in [7, 11) is 1.54. The van der Waals surface area contributed by atoms with Crippen molar-refractivity contribution in [2.75, 3.05) is 12.8 Å². The van der Waals surface area contributed by atoms with Gasteiger partial charge in [-0.15, -0.1) is 0 Å². The van der Waals surface area contributed by atoms with Crippen LogP contribution in [-0.2, 0) is 6.42 Å². The number of hydrogen-bond acceptors (Lipinski definition) is 6. The molecule has 0 radical (unpaired) electrons. The molecule has 0 aliphatic rings. The van der Waals surface area contributed by atoms with E-state index in [0.29, 0.717) is 28.7 Å². The van der Waals surface area contributed by atoms with Crippen LogP contribution in [0.5, 0.6) is 5.75 Å². The van der Waals surface area contributed by atoms with Gasteiger partial charge in [-0.05, 0) is 35.4 Å². The summed E-state index contributed by atoms with van der Waals surface area (Å²) in [5.74, 6) is 0.581. The van der Waals surface area contributed by atoms with Gasteiger partial charge in [-0.3, -0.25) is 14.9 Å². The Morgan fingerprint density at radius 3 is 2.60 bits per heavy atom. The average Bonchev–Trinajstić information content (AvgIpc) is 2.76. The molecule has 30 heavy (non-hydrogen) atoms. The van der Waals surface area contributed by atoms with Crippen LogP contribution in [0, 0.1) is 10.1 Å². The fourth-order valence-corrected chi connectivity index (χ4v) is 3.46. The molecule has 1 heterocycles. The van der Waals surface area contributed by atoms with Crippen LogP contribution in [0.15, 0.2) is 65.5 Å². The van der Waals surface area contributed by atoms with Gasteiger partial charge >= 0.3 is 0 Å². The van der Waals surface area contributed by atoms with Gasteiger partial charge in [0.25, 0.3) is 11.2 Å². The van der Waals surface area contributed by atoms with E-state index in [-0.39, 0.29) is 16.9 Å². The minimum Gasteiger partial charge on any atom is -0.496 e. The van der Waals surface area contributed by atoms with Crippen LogP contribution in [0.25, 0.3) is 21.9 Å². The molecule has 150 valence electrons. The summed E-state index contributed by atoms with van der Waals surface area (Å²) in [4.78, 5) is 22.8. The largest absolute Gasteiger partial charge is 0.496 e. The monoisotopic (exact) mass is 402 g/mol. The Kier molecular flexibility index (Phi) is 4.89. The number of aromatic amines is 1. The van der Waals surface area contributed by atoms with Gasteiger partial charge < -0.3 is 10.5 Å². The van der Waals surface area contributed by atoms with E-state index in [1.54, 1.807) is 31.4 Å². The van der Waals surface area contributed by atoms with Gasteiger partial charge in [0, 0.05) is 23.4 Å². The van der Waals surface area contributed by atoms with Gasteiger partial charge in [-0.1, -0.05) is 30.3 Å². The van der Waals surface area contributed by atoms with Gasteiger partial charge in [0.05, 0.1) is 23.1 Å². The molecule has 0 spiro atoms. The number of nitrogen functional groups attached to an aromatic ring is 1. The molecule has 0 saturated heterocycles. The normalized spacial score (nSPS) is 10.8. The van der Waals surface area contributed by atoms with E-state index in [2.05, 4.69) is 10.2 Å². The van der Waals surface area contributed by atoms with Crippen LogP contribution in [0.1, 0.15) is 11.3 Å². The van der Waals surface area contributed by atoms with Gasteiger partial charge in [-0.2, -0.15) is 5.10 Å². The van der Waals surface area contributed by atoms with E-state index in [4.69, 9.17) is 10.5 Å². The second kappa shape index (κ2) is 7.67. The maximum absolute atomic E-state index is 12.0. The number of aromatic nitrogens is 2. The van der Waals surface area contributed by atoms with E-state index in [1.807, 2.05) is 24.3 Å². The number of benzene rings is 3. The van der Waals surface area contributed by atoms with E-state index in [1.165, 1.54) is 12.1 Å². The van der Waals surface area contributed by atoms with Gasteiger partial charge in [0.1, 0.15) is 11.4 Å². The van der Waals surface area contributed by atoms with Crippen molar-refractivity contribution >= 4 is 22.1 Å². The van der Waals surface area contributed by atoms with Crippen molar-refractivity contribution in [2.24, 2.45) is 0 Å². The lowest BCUT2D eigenvalue weighted by Gasteiger charge is -2.12. The third kappa shape index (κ3) is 3.46. The Morgan fingerprint density at radius 1 is 1.10 bits per heavy atom. The molecule has 8 nitrogen and oxygen atoms in total. The second-order valence-corrected chi connectivity index (χ2v) is 6.79. The highest BCUT2D eigenvalue weighted by Crippen LogP contribution is 2.35. The van der Waals surface area contributed by atoms with Crippen molar-refractivity contribution in [3.05, 3.63) is 92.4 Å². The summed E-state index contributed by atoms with van der Waals surface area (Å²) in [5, 5.41) is 19.4. The predicted octanol–water partition coefficient (Wildman–Crippen LogP) is 3.68. The molecule has 4 rings (SSSR count). The predicted molar refractivity (Wildman–Crippen MR) is 115 cm³/mol. The molecule has 0 aliphatic heterocycles. The summed E-state index contributed by atoms with van der Waals surface area (Å²) < 4.78 is 5.46. The Hall–Kier alpha value is -4.20. The van der Waals surface area contributed by atoms with Crippen LogP contribution < -0.4 is 16.0 Å². The molecule has 3 N–H and O–H groups in total. The van der Waals surface area contributed by atoms with Crippen molar-refractivity contribution in [1.29, 1.82) is 0 Å². The van der Waals surface area contributed by atoms with E-state index >= 15 is 0 Å². The highest BCUT2D eigenvalue weighted by molar-refractivity contribution is 5.84. The molecule has 1 aromatic heterocycles. The lowest BCUT2D eigenvalue weighted by Crippen LogP contribution is -2.11. The van der Waals surface area contributed by atoms with Crippen LogP contribution >= 0.6 is 0 Å². The van der Waals surface area contributed by atoms with Crippen LogP contribution in [-0.4, -0.2) is 22.2 Å². The Labute approximate surface area is 171 Å². The number of nitrogens with two attached hydrogens (primary N) is 1. The maximum Gasteiger partial charge on any atom is 0.292 e. The number of nitrogens with one attached hydrogen (secondary N) is 1. The second-order valence-electron chi connectivity index (χ2n) is 6.79. The molecule has 3 aromatic carbocycles. The average molecular weight is 402 g/mol. The molecule has 0 fully saturated rings. The molecular formula is C22H18N4O4. The summed E-state index contributed by atoms with van der Waals surface area (Å²) in [6.07, 6.45) is 0.464. The molecule has 0 atom stereocenters. The lowest BCUT2D eigenvalue weighted by atomic mass is 9.98. The zero-order valence-electron chi connectivity index (χ0n) is 16.1. The number of ether oxygens (including phenoxy) is 1. The first-order valence-corrected chi connectivity index (χ1v) is 9.15. The van der Waals surface area contributed by atoms with Crippen molar-refractivity contribution in [3.63, 3.8) is 0 Å². The molecule has 0 unspecified atom stereocenters. The minimum atomic E-state index is -0.508. The lowest BCUT2D eigenvalue weighted by molar-refractivity contribution is -0.383. The minimum absolute atomic E-state index is 0.0998. The number of H-pyrrole nitrogens is 1. The number of fused-ring (bicyclic) bond motifs is 1. The number of methoxy groups -OCH3 is 1. The van der Waals surface area contributed by atoms with Crippen molar-refractivity contribution in [1.82, 2.24) is 10.2 Å². The van der Waals surface area contributed by atoms with Crippen LogP contribution in [0.2, 0.25) is 0 Å². The smallest absolute Gasteiger partial charge is 0.292 e. The number of hydrogen-bond donors (Lipinski definition) is 2. The first-order valence-electron chi connectivity index (χ1n) is 9.15. The van der Waals surface area contributed by atoms with E-state index in [0.717, 1.165) is 16.6 Å². The third-order valence-corrected chi connectivity index (χ3v) is 4.95. The van der Waals surface area contributed by atoms with Gasteiger partial charge in [0.15, 0.2) is 0 Å². The summed E-state index contributed by atoms with van der Waals surface area (Å²) in [6, 6.07) is 17.6. The number of nitro groups is 1. The molecule has 0 bridgehead atoms. The first-order chi connectivity index (χ1) is 14.5. The van der Waals surface area contributed by atoms with Crippen LogP contribution in [0.3, 0.4) is 0 Å². The molecular weight excluding hydrogens is 384 g/mol. The van der Waals surface area contributed by atoms with Crippen molar-refractivity contribution in [3.8, 4) is 16.9 Å². The van der Waals surface area contributed by atoms with E-state index < -0.39 is 4.92 Å². The van der Waals surface area contributed by atoms with Crippen molar-refractivity contribution in [2.45, 2.75) is 6.42 Å². The SMILES string of the molecule is COc1ccc(Cc2n[nH]c(=O)c3ccccc23)cc1-c1ccc(N)c([N+](=O)[O-])c1. The fourth-order valence-electron chi connectivity index (χ4n) is 3.46. The number of anilines is 1. The van der Waals surface area contributed by atoms with Gasteiger partial charge in [-0.25, -0.2) is 5.10 Å². The highest BCUT2D eigenvalue weighted by atomic mass is 16.6. The maximum atomic E-state index is 12.0. The quantitative estimate of drug-likeness (QED) is 0.298. The molecule has 0 amide bonds. The Morgan fingerprint density at radius 2 is 1.87 bits per heavy atom. The molecule has 4 aromatic rings. The topological polar surface area (TPSA) is 124 Å². The zero-order chi connectivity index (χ0) is 21.3. The number of nitrogens with zero attached hydrogens (tertiary/aromatic N) is 2. The van der Waals surface area contributed by atoms with E-state index in [9.17, 15) is 14.9 Å². The summed E-state index contributed by atoms with van der Waals surface area (Å²) in [5.41, 5.74) is 8.39. The fraction of sp³-hybridized carbons (Fsp3) is 0.0909. The molecule has 8 heteroatoms. The van der Waals surface area contributed by atoms with Crippen LogP contribution in [0.4, 0.5) is 11.4 Å². The third-order valence-electron chi connectivity index (χ3n) is 4.95. The van der Waals surface area contributed by atoms with Crippen molar-refractivity contribution < 1.29 is 9.66 Å². The number of nitro benzene ring substituents is 1. The highest BCUT2D eigenvalue weighted by Gasteiger charge is 2.16. The molecule has 0 saturated carbocycles. The zero-order valence-corrected chi connectivity index (χ0v) is 16.1. The first kappa shape index (κ1) is 19.1. The Balaban J connectivity index is 1.80. The standard InChI is InChI=1S/C22H18N4O4/c1-30-21-9-6-13(10-17(21)14-7-8-18(23)20(12-14)26(28)29)11-19-15-4-2-3-5-16(15)22(27)25-24-19/h2-10,12H,11,23H2,1H3,(H,25,27). The Bertz CT molecular complexity index is 1330. The summed E-state index contributed by atoms with van der Waals surface area (Å²) in [6.45, 7) is 0. The number of rotatable bonds is 5. The summed E-state index contributed by atoms with van der Waals surface area (Å²) >= 11 is 0. The molecule has 0 aliphatic carbocycles. The van der Waals surface area contributed by atoms with Gasteiger partial charge in [0.2, 0.25) is 0 Å².